The van der Waals surface area contributed by atoms with Gasteiger partial charge < -0.3 is 9.72 Å². The Bertz CT molecular complexity index is 505. The van der Waals surface area contributed by atoms with Gasteiger partial charge in [-0.2, -0.15) is 0 Å². The van der Waals surface area contributed by atoms with Crippen LogP contribution >= 0.6 is 0 Å². The molecule has 2 aromatic heterocycles. The maximum atomic E-state index is 11.4. The van der Waals surface area contributed by atoms with Crippen LogP contribution in [0.1, 0.15) is 16.2 Å². The number of aromatic amines is 1. The van der Waals surface area contributed by atoms with Crippen LogP contribution in [-0.2, 0) is 4.74 Å². The molecule has 0 saturated heterocycles. The van der Waals surface area contributed by atoms with Crippen molar-refractivity contribution in [3.05, 3.63) is 35.8 Å². The van der Waals surface area contributed by atoms with Crippen LogP contribution in [0.4, 0.5) is 0 Å². The topological polar surface area (TPSA) is 67.9 Å². The molecule has 0 radical (unpaired) electrons. The molecule has 0 bridgehead atoms. The van der Waals surface area contributed by atoms with Crippen LogP contribution in [-0.4, -0.2) is 28.0 Å². The van der Waals surface area contributed by atoms with E-state index in [-0.39, 0.29) is 0 Å². The number of hydrogen-bond acceptors (Lipinski definition) is 4. The van der Waals surface area contributed by atoms with Gasteiger partial charge in [-0.1, -0.05) is 6.07 Å². The number of carbonyl (C=O) groups is 1. The third-order valence-electron chi connectivity index (χ3n) is 2.17. The molecular weight excluding hydrogens is 206 g/mol. The number of hydrogen-bond donors (Lipinski definition) is 1. The summed E-state index contributed by atoms with van der Waals surface area (Å²) in [7, 11) is 1.33. The minimum Gasteiger partial charge on any atom is -0.464 e. The van der Waals surface area contributed by atoms with Gasteiger partial charge in [0, 0.05) is 11.9 Å². The molecule has 2 heterocycles. The molecule has 0 amide bonds. The Morgan fingerprint density at radius 2 is 2.25 bits per heavy atom. The highest BCUT2D eigenvalue weighted by Crippen LogP contribution is 2.15. The Hall–Kier alpha value is -2.17. The smallest absolute Gasteiger partial charge is 0.358 e. The number of nitrogens with one attached hydrogen (secondary N) is 1. The van der Waals surface area contributed by atoms with Gasteiger partial charge in [0.25, 0.3) is 0 Å². The van der Waals surface area contributed by atoms with E-state index < -0.39 is 5.97 Å². The van der Waals surface area contributed by atoms with E-state index in [0.29, 0.717) is 22.9 Å². The summed E-state index contributed by atoms with van der Waals surface area (Å²) in [6, 6.07) is 5.50. The summed E-state index contributed by atoms with van der Waals surface area (Å²) >= 11 is 0. The lowest BCUT2D eigenvalue weighted by atomic mass is 10.3. The minimum absolute atomic E-state index is 0.295. The SMILES string of the molecule is COC(=O)c1nc(-c2ccccn2)[nH]c1C. The Kier molecular flexibility index (Phi) is 2.68. The Balaban J connectivity index is 2.42. The van der Waals surface area contributed by atoms with Gasteiger partial charge in [-0.3, -0.25) is 4.98 Å². The number of imidazole rings is 1. The average molecular weight is 217 g/mol. The molecule has 2 aromatic rings. The van der Waals surface area contributed by atoms with Crippen molar-refractivity contribution >= 4 is 5.97 Å². The molecule has 0 aliphatic heterocycles. The predicted octanol–water partition coefficient (Wildman–Crippen LogP) is 1.57. The number of ether oxygens (including phenoxy) is 1. The van der Waals surface area contributed by atoms with Crippen molar-refractivity contribution in [3.63, 3.8) is 0 Å². The van der Waals surface area contributed by atoms with Crippen LogP contribution in [0.5, 0.6) is 0 Å². The third-order valence-corrected chi connectivity index (χ3v) is 2.17. The molecule has 5 nitrogen and oxygen atoms in total. The van der Waals surface area contributed by atoms with E-state index in [0.717, 1.165) is 0 Å². The van der Waals surface area contributed by atoms with Crippen LogP contribution in [0.3, 0.4) is 0 Å². The molecule has 1 N–H and O–H groups in total. The number of H-pyrrole nitrogens is 1. The summed E-state index contributed by atoms with van der Waals surface area (Å²) in [6.07, 6.45) is 1.67. The molecule has 0 fully saturated rings. The zero-order chi connectivity index (χ0) is 11.5. The Morgan fingerprint density at radius 3 is 2.88 bits per heavy atom. The molecule has 0 spiro atoms. The fourth-order valence-corrected chi connectivity index (χ4v) is 1.38. The van der Waals surface area contributed by atoms with Crippen LogP contribution < -0.4 is 0 Å². The average Bonchev–Trinajstić information content (AvgIpc) is 2.71. The van der Waals surface area contributed by atoms with Gasteiger partial charge in [-0.15, -0.1) is 0 Å². The third kappa shape index (κ3) is 1.79. The molecule has 16 heavy (non-hydrogen) atoms. The van der Waals surface area contributed by atoms with E-state index in [1.807, 2.05) is 18.2 Å². The fraction of sp³-hybridized carbons (Fsp3) is 0.182. The normalized spacial score (nSPS) is 10.1. The largest absolute Gasteiger partial charge is 0.464 e. The summed E-state index contributed by atoms with van der Waals surface area (Å²) < 4.78 is 4.62. The highest BCUT2D eigenvalue weighted by Gasteiger charge is 2.16. The van der Waals surface area contributed by atoms with Crippen LogP contribution in [0.25, 0.3) is 11.5 Å². The van der Waals surface area contributed by atoms with Gasteiger partial charge in [0.1, 0.15) is 5.69 Å². The van der Waals surface area contributed by atoms with Crippen molar-refractivity contribution in [2.24, 2.45) is 0 Å². The lowest BCUT2D eigenvalue weighted by molar-refractivity contribution is 0.0594. The number of nitrogens with zero attached hydrogens (tertiary/aromatic N) is 2. The number of aromatic nitrogens is 3. The van der Waals surface area contributed by atoms with Crippen molar-refractivity contribution in [2.75, 3.05) is 7.11 Å². The minimum atomic E-state index is -0.448. The Labute approximate surface area is 92.5 Å². The number of pyridine rings is 1. The number of methoxy groups -OCH3 is 1. The lowest BCUT2D eigenvalue weighted by Gasteiger charge is -1.93. The van der Waals surface area contributed by atoms with Crippen LogP contribution in [0.15, 0.2) is 24.4 Å². The summed E-state index contributed by atoms with van der Waals surface area (Å²) in [5, 5.41) is 0. The maximum Gasteiger partial charge on any atom is 0.358 e. The fourth-order valence-electron chi connectivity index (χ4n) is 1.38. The molecule has 0 aliphatic carbocycles. The van der Waals surface area contributed by atoms with Crippen molar-refractivity contribution < 1.29 is 9.53 Å². The quantitative estimate of drug-likeness (QED) is 0.775. The first-order chi connectivity index (χ1) is 7.72. The molecule has 82 valence electrons. The van der Waals surface area contributed by atoms with E-state index in [4.69, 9.17) is 0 Å². The predicted molar refractivity (Wildman–Crippen MR) is 57.9 cm³/mol. The molecule has 0 aromatic carbocycles. The van der Waals surface area contributed by atoms with Gasteiger partial charge in [0.2, 0.25) is 0 Å². The molecule has 0 aliphatic rings. The van der Waals surface area contributed by atoms with Crippen LogP contribution in [0, 0.1) is 6.92 Å². The molecule has 2 rings (SSSR count). The summed E-state index contributed by atoms with van der Waals surface area (Å²) in [6.45, 7) is 1.77. The first-order valence-electron chi connectivity index (χ1n) is 4.78. The summed E-state index contributed by atoms with van der Waals surface area (Å²) in [5.41, 5.74) is 1.66. The standard InChI is InChI=1S/C11H11N3O2/c1-7-9(11(15)16-2)14-10(13-7)8-5-3-4-6-12-8/h3-6H,1-2H3,(H,13,14). The second-order valence-electron chi connectivity index (χ2n) is 3.27. The highest BCUT2D eigenvalue weighted by atomic mass is 16.5. The number of rotatable bonds is 2. The number of esters is 1. The van der Waals surface area contributed by atoms with E-state index in [1.165, 1.54) is 7.11 Å². The zero-order valence-corrected chi connectivity index (χ0v) is 9.02. The molecule has 0 atom stereocenters. The molecule has 0 saturated carbocycles. The van der Waals surface area contributed by atoms with Crippen LogP contribution in [0.2, 0.25) is 0 Å². The number of aryl methyl sites for hydroxylation is 1. The first-order valence-corrected chi connectivity index (χ1v) is 4.78. The molecule has 5 heteroatoms. The zero-order valence-electron chi connectivity index (χ0n) is 9.02. The van der Waals surface area contributed by atoms with E-state index in [1.54, 1.807) is 13.1 Å². The molecular formula is C11H11N3O2. The summed E-state index contributed by atoms with van der Waals surface area (Å²) in [4.78, 5) is 22.7. The van der Waals surface area contributed by atoms with Crippen molar-refractivity contribution in [1.29, 1.82) is 0 Å². The summed E-state index contributed by atoms with van der Waals surface area (Å²) in [5.74, 6) is 0.120. The van der Waals surface area contributed by atoms with Gasteiger partial charge >= 0.3 is 5.97 Å². The maximum absolute atomic E-state index is 11.4. The van der Waals surface area contributed by atoms with Gasteiger partial charge in [0.05, 0.1) is 7.11 Å². The first kappa shape index (κ1) is 10.4. The van der Waals surface area contributed by atoms with E-state index in [2.05, 4.69) is 19.7 Å². The Morgan fingerprint density at radius 1 is 1.44 bits per heavy atom. The number of carbonyl (C=O) groups excluding carboxylic acids is 1. The second-order valence-corrected chi connectivity index (χ2v) is 3.27. The highest BCUT2D eigenvalue weighted by molar-refractivity contribution is 5.89. The van der Waals surface area contributed by atoms with Gasteiger partial charge in [0.15, 0.2) is 11.5 Å². The van der Waals surface area contributed by atoms with E-state index in [9.17, 15) is 4.79 Å². The van der Waals surface area contributed by atoms with E-state index >= 15 is 0 Å². The monoisotopic (exact) mass is 217 g/mol. The van der Waals surface area contributed by atoms with Crippen molar-refractivity contribution in [3.8, 4) is 11.5 Å². The van der Waals surface area contributed by atoms with Crippen molar-refractivity contribution in [1.82, 2.24) is 15.0 Å². The van der Waals surface area contributed by atoms with Gasteiger partial charge in [-0.05, 0) is 19.1 Å². The lowest BCUT2D eigenvalue weighted by Crippen LogP contribution is -2.03. The second kappa shape index (κ2) is 4.14. The van der Waals surface area contributed by atoms with Crippen molar-refractivity contribution in [2.45, 2.75) is 6.92 Å². The molecule has 0 unspecified atom stereocenters. The van der Waals surface area contributed by atoms with Gasteiger partial charge in [-0.25, -0.2) is 9.78 Å².